The van der Waals surface area contributed by atoms with Crippen molar-refractivity contribution in [1.82, 2.24) is 29.9 Å². The van der Waals surface area contributed by atoms with E-state index in [0.29, 0.717) is 17.0 Å². The van der Waals surface area contributed by atoms with Gasteiger partial charge < -0.3 is 4.90 Å². The third-order valence-electron chi connectivity index (χ3n) is 5.29. The van der Waals surface area contributed by atoms with Crippen molar-refractivity contribution in [3.63, 3.8) is 0 Å². The molecule has 0 N–H and O–H groups in total. The summed E-state index contributed by atoms with van der Waals surface area (Å²) in [6.45, 7) is 8.68. The highest BCUT2D eigenvalue weighted by Crippen LogP contribution is 2.24. The van der Waals surface area contributed by atoms with Crippen molar-refractivity contribution in [2.24, 2.45) is 5.92 Å². The van der Waals surface area contributed by atoms with Gasteiger partial charge in [0.25, 0.3) is 5.91 Å². The first-order valence-electron chi connectivity index (χ1n) is 9.81. The third kappa shape index (κ3) is 3.74. The van der Waals surface area contributed by atoms with Gasteiger partial charge in [-0.05, 0) is 30.9 Å². The molecule has 2 aromatic heterocycles. The van der Waals surface area contributed by atoms with Crippen LogP contribution >= 0.6 is 0 Å². The second kappa shape index (κ2) is 7.30. The highest BCUT2D eigenvalue weighted by molar-refractivity contribution is 6.04. The van der Waals surface area contributed by atoms with E-state index in [4.69, 9.17) is 0 Å². The average molecular weight is 378 g/mol. The lowest BCUT2D eigenvalue weighted by Gasteiger charge is -2.32. The van der Waals surface area contributed by atoms with Crippen LogP contribution in [0.1, 0.15) is 49.7 Å². The van der Waals surface area contributed by atoms with E-state index in [9.17, 15) is 4.79 Å². The molecule has 3 aromatic rings. The number of carbonyl (C=O) groups is 1. The smallest absolute Gasteiger partial charge is 0.256 e. The lowest BCUT2D eigenvalue weighted by molar-refractivity contribution is 0.0661. The molecule has 1 saturated heterocycles. The predicted molar refractivity (Wildman–Crippen MR) is 107 cm³/mol. The summed E-state index contributed by atoms with van der Waals surface area (Å²) < 4.78 is 1.92. The SMILES string of the molecule is CC(C)(C)c1cn(C[C@H]2CCCN(C(=O)c3cccc4nccnc34)C2)nn1. The molecule has 146 valence electrons. The van der Waals surface area contributed by atoms with Crippen LogP contribution in [0.5, 0.6) is 0 Å². The lowest BCUT2D eigenvalue weighted by atomic mass is 9.93. The summed E-state index contributed by atoms with van der Waals surface area (Å²) >= 11 is 0. The second-order valence-corrected chi connectivity index (χ2v) is 8.56. The highest BCUT2D eigenvalue weighted by Gasteiger charge is 2.27. The third-order valence-corrected chi connectivity index (χ3v) is 5.29. The lowest BCUT2D eigenvalue weighted by Crippen LogP contribution is -2.41. The van der Waals surface area contributed by atoms with Gasteiger partial charge in [0, 0.05) is 43.6 Å². The van der Waals surface area contributed by atoms with Gasteiger partial charge in [0.1, 0.15) is 5.52 Å². The number of likely N-dealkylation sites (tertiary alicyclic amines) is 1. The zero-order valence-corrected chi connectivity index (χ0v) is 16.7. The molecule has 1 aliphatic heterocycles. The van der Waals surface area contributed by atoms with Crippen LogP contribution in [0.2, 0.25) is 0 Å². The second-order valence-electron chi connectivity index (χ2n) is 8.56. The summed E-state index contributed by atoms with van der Waals surface area (Å²) in [5, 5.41) is 8.60. The Morgan fingerprint density at radius 1 is 1.21 bits per heavy atom. The topological polar surface area (TPSA) is 76.8 Å². The first-order valence-corrected chi connectivity index (χ1v) is 9.81. The summed E-state index contributed by atoms with van der Waals surface area (Å²) in [5.41, 5.74) is 3.03. The number of fused-ring (bicyclic) bond motifs is 1. The Morgan fingerprint density at radius 3 is 2.82 bits per heavy atom. The van der Waals surface area contributed by atoms with Gasteiger partial charge in [-0.1, -0.05) is 32.1 Å². The van der Waals surface area contributed by atoms with Crippen LogP contribution in [0.3, 0.4) is 0 Å². The molecule has 1 aromatic carbocycles. The molecule has 1 atom stereocenters. The monoisotopic (exact) mass is 378 g/mol. The fourth-order valence-corrected chi connectivity index (χ4v) is 3.73. The standard InChI is InChI=1S/C21H26N6O/c1-21(2,3)18-14-27(25-24-18)13-15-6-5-11-26(12-15)20(28)16-7-4-8-17-19(16)23-10-9-22-17/h4,7-10,14-15H,5-6,11-13H2,1-3H3/t15-/m0/s1. The molecule has 28 heavy (non-hydrogen) atoms. The number of para-hydroxylation sites is 1. The van der Waals surface area contributed by atoms with Gasteiger partial charge in [-0.2, -0.15) is 0 Å². The molecule has 1 amide bonds. The van der Waals surface area contributed by atoms with Crippen LogP contribution < -0.4 is 0 Å². The summed E-state index contributed by atoms with van der Waals surface area (Å²) in [6, 6.07) is 5.60. The Labute approximate surface area is 164 Å². The van der Waals surface area contributed by atoms with Gasteiger partial charge in [-0.25, -0.2) is 0 Å². The van der Waals surface area contributed by atoms with Gasteiger partial charge >= 0.3 is 0 Å². The van der Waals surface area contributed by atoms with E-state index < -0.39 is 0 Å². The molecule has 7 nitrogen and oxygen atoms in total. The number of piperidine rings is 1. The van der Waals surface area contributed by atoms with E-state index in [1.165, 1.54) is 0 Å². The predicted octanol–water partition coefficient (Wildman–Crippen LogP) is 3.07. The number of aromatic nitrogens is 5. The molecule has 4 rings (SSSR count). The fourth-order valence-electron chi connectivity index (χ4n) is 3.73. The molecular formula is C21H26N6O. The maximum Gasteiger partial charge on any atom is 0.256 e. The summed E-state index contributed by atoms with van der Waals surface area (Å²) in [5.74, 6) is 0.401. The van der Waals surface area contributed by atoms with Crippen LogP contribution in [-0.2, 0) is 12.0 Å². The molecule has 0 spiro atoms. The summed E-state index contributed by atoms with van der Waals surface area (Å²) in [7, 11) is 0. The number of nitrogens with zero attached hydrogens (tertiary/aromatic N) is 6. The van der Waals surface area contributed by atoms with E-state index in [1.807, 2.05) is 34.0 Å². The summed E-state index contributed by atoms with van der Waals surface area (Å²) in [6.07, 6.45) is 7.39. The minimum atomic E-state index is -0.0117. The number of rotatable bonds is 3. The first kappa shape index (κ1) is 18.5. The van der Waals surface area contributed by atoms with Crippen LogP contribution in [0.4, 0.5) is 0 Å². The molecule has 1 aliphatic rings. The van der Waals surface area contributed by atoms with Gasteiger partial charge in [-0.15, -0.1) is 5.10 Å². The Bertz CT molecular complexity index is 984. The number of amides is 1. The minimum absolute atomic E-state index is 0.0117. The molecule has 0 radical (unpaired) electrons. The first-order chi connectivity index (χ1) is 13.4. The largest absolute Gasteiger partial charge is 0.338 e. The Kier molecular flexibility index (Phi) is 4.83. The molecule has 0 bridgehead atoms. The molecule has 7 heteroatoms. The number of hydrogen-bond acceptors (Lipinski definition) is 5. The van der Waals surface area contributed by atoms with E-state index in [1.54, 1.807) is 12.4 Å². The minimum Gasteiger partial charge on any atom is -0.338 e. The van der Waals surface area contributed by atoms with E-state index in [2.05, 4.69) is 41.1 Å². The van der Waals surface area contributed by atoms with E-state index in [-0.39, 0.29) is 11.3 Å². The van der Waals surface area contributed by atoms with Crippen molar-refractivity contribution in [3.05, 3.63) is 48.0 Å². The molecule has 0 unspecified atom stereocenters. The Hall–Kier alpha value is -2.83. The quantitative estimate of drug-likeness (QED) is 0.700. The van der Waals surface area contributed by atoms with Crippen LogP contribution in [0, 0.1) is 5.92 Å². The molecule has 0 aliphatic carbocycles. The van der Waals surface area contributed by atoms with Crippen molar-refractivity contribution in [2.45, 2.75) is 45.6 Å². The average Bonchev–Trinajstić information content (AvgIpc) is 3.16. The van der Waals surface area contributed by atoms with Crippen LogP contribution in [-0.4, -0.2) is 48.9 Å². The van der Waals surface area contributed by atoms with Crippen molar-refractivity contribution in [1.29, 1.82) is 0 Å². The van der Waals surface area contributed by atoms with Crippen LogP contribution in [0.25, 0.3) is 11.0 Å². The van der Waals surface area contributed by atoms with Gasteiger partial charge in [0.05, 0.1) is 16.8 Å². The number of hydrogen-bond donors (Lipinski definition) is 0. The van der Waals surface area contributed by atoms with Crippen LogP contribution in [0.15, 0.2) is 36.8 Å². The highest BCUT2D eigenvalue weighted by atomic mass is 16.2. The molecule has 1 fully saturated rings. The van der Waals surface area contributed by atoms with Gasteiger partial charge in [-0.3, -0.25) is 19.4 Å². The molecular weight excluding hydrogens is 352 g/mol. The van der Waals surface area contributed by atoms with E-state index in [0.717, 1.165) is 43.7 Å². The van der Waals surface area contributed by atoms with Crippen molar-refractivity contribution in [3.8, 4) is 0 Å². The fraction of sp³-hybridized carbons (Fsp3) is 0.476. The maximum absolute atomic E-state index is 13.2. The zero-order valence-electron chi connectivity index (χ0n) is 16.7. The number of benzene rings is 1. The van der Waals surface area contributed by atoms with Crippen molar-refractivity contribution < 1.29 is 4.79 Å². The molecule has 3 heterocycles. The van der Waals surface area contributed by atoms with Gasteiger partial charge in [0.15, 0.2) is 0 Å². The van der Waals surface area contributed by atoms with E-state index >= 15 is 0 Å². The number of carbonyl (C=O) groups excluding carboxylic acids is 1. The zero-order chi connectivity index (χ0) is 19.7. The maximum atomic E-state index is 13.2. The van der Waals surface area contributed by atoms with Gasteiger partial charge in [0.2, 0.25) is 0 Å². The molecule has 0 saturated carbocycles. The van der Waals surface area contributed by atoms with Crippen molar-refractivity contribution in [2.75, 3.05) is 13.1 Å². The Balaban J connectivity index is 1.49. The van der Waals surface area contributed by atoms with Crippen molar-refractivity contribution >= 4 is 16.9 Å². The Morgan fingerprint density at radius 2 is 2.04 bits per heavy atom. The summed E-state index contributed by atoms with van der Waals surface area (Å²) in [4.78, 5) is 23.8. The normalized spacial score (nSPS) is 17.8.